The Morgan fingerprint density at radius 3 is 1.42 bits per heavy atom. The Kier molecular flexibility index (Phi) is 10.7. The summed E-state index contributed by atoms with van der Waals surface area (Å²) in [6.07, 6.45) is -1.03. The molecule has 1 aliphatic rings. The molecule has 0 spiro atoms. The quantitative estimate of drug-likeness (QED) is 0.625. The molecule has 1 fully saturated rings. The van der Waals surface area contributed by atoms with Gasteiger partial charge in [-0.3, -0.25) is 0 Å². The van der Waals surface area contributed by atoms with Crippen molar-refractivity contribution in [3.8, 4) is 0 Å². The smallest absolute Gasteiger partial charge is 0.0863 e. The van der Waals surface area contributed by atoms with Crippen molar-refractivity contribution < 1.29 is 29.2 Å². The van der Waals surface area contributed by atoms with E-state index in [1.807, 2.05) is 0 Å². The standard InChI is InChI=1S/C12H24O6S/c13-11-7-17-5-3-15-1-2-16-4-6-18-8-12(14)10-19-9-11/h11-14H,1-10H2. The molecule has 0 aromatic rings. The number of aliphatic hydroxyl groups is 2. The monoisotopic (exact) mass is 296 g/mol. The molecule has 114 valence electrons. The second kappa shape index (κ2) is 11.9. The van der Waals surface area contributed by atoms with Gasteiger partial charge in [0, 0.05) is 11.5 Å². The zero-order valence-corrected chi connectivity index (χ0v) is 12.0. The van der Waals surface area contributed by atoms with Crippen LogP contribution in [0.5, 0.6) is 0 Å². The van der Waals surface area contributed by atoms with Gasteiger partial charge in [0.2, 0.25) is 0 Å². The van der Waals surface area contributed by atoms with Gasteiger partial charge in [0.25, 0.3) is 0 Å². The molecule has 2 unspecified atom stereocenters. The zero-order valence-electron chi connectivity index (χ0n) is 11.2. The molecular weight excluding hydrogens is 272 g/mol. The van der Waals surface area contributed by atoms with E-state index in [-0.39, 0.29) is 0 Å². The lowest BCUT2D eigenvalue weighted by atomic mass is 10.4. The van der Waals surface area contributed by atoms with E-state index in [1.54, 1.807) is 0 Å². The van der Waals surface area contributed by atoms with Crippen LogP contribution in [0.25, 0.3) is 0 Å². The summed E-state index contributed by atoms with van der Waals surface area (Å²) >= 11 is 1.49. The van der Waals surface area contributed by atoms with E-state index in [2.05, 4.69) is 0 Å². The van der Waals surface area contributed by atoms with Gasteiger partial charge >= 0.3 is 0 Å². The predicted molar refractivity (Wildman–Crippen MR) is 72.6 cm³/mol. The molecule has 1 rings (SSSR count). The maximum atomic E-state index is 9.63. The third-order valence-corrected chi connectivity index (χ3v) is 3.60. The number of aliphatic hydroxyl groups excluding tert-OH is 2. The zero-order chi connectivity index (χ0) is 13.8. The van der Waals surface area contributed by atoms with Gasteiger partial charge in [-0.05, 0) is 0 Å². The van der Waals surface area contributed by atoms with Gasteiger partial charge in [0.1, 0.15) is 0 Å². The van der Waals surface area contributed by atoms with Crippen LogP contribution in [0.2, 0.25) is 0 Å². The topological polar surface area (TPSA) is 77.4 Å². The summed E-state index contributed by atoms with van der Waals surface area (Å²) in [6, 6.07) is 0. The van der Waals surface area contributed by atoms with E-state index in [9.17, 15) is 10.2 Å². The lowest BCUT2D eigenvalue weighted by molar-refractivity contribution is -0.0195. The first-order chi connectivity index (χ1) is 9.29. The van der Waals surface area contributed by atoms with Crippen LogP contribution in [0.15, 0.2) is 0 Å². The Labute approximate surface area is 118 Å². The van der Waals surface area contributed by atoms with Crippen LogP contribution in [-0.2, 0) is 18.9 Å². The van der Waals surface area contributed by atoms with Gasteiger partial charge in [-0.25, -0.2) is 0 Å². The summed E-state index contributed by atoms with van der Waals surface area (Å²) < 4.78 is 21.2. The second-order valence-electron chi connectivity index (χ2n) is 4.22. The number of hydrogen-bond donors (Lipinski definition) is 2. The third-order valence-electron chi connectivity index (χ3n) is 2.36. The van der Waals surface area contributed by atoms with Crippen molar-refractivity contribution in [3.05, 3.63) is 0 Å². The molecule has 0 amide bonds. The van der Waals surface area contributed by atoms with Gasteiger partial charge in [-0.2, -0.15) is 11.8 Å². The van der Waals surface area contributed by atoms with Crippen molar-refractivity contribution in [2.75, 3.05) is 64.4 Å². The largest absolute Gasteiger partial charge is 0.390 e. The van der Waals surface area contributed by atoms with Gasteiger partial charge in [-0.1, -0.05) is 0 Å². The van der Waals surface area contributed by atoms with Crippen LogP contribution in [0.4, 0.5) is 0 Å². The molecule has 1 aliphatic heterocycles. The molecule has 1 heterocycles. The van der Waals surface area contributed by atoms with Crippen molar-refractivity contribution in [3.63, 3.8) is 0 Å². The average molecular weight is 296 g/mol. The molecule has 6 nitrogen and oxygen atoms in total. The first kappa shape index (κ1) is 17.2. The molecule has 2 atom stereocenters. The van der Waals surface area contributed by atoms with Crippen molar-refractivity contribution in [1.29, 1.82) is 0 Å². The third kappa shape index (κ3) is 10.5. The SMILES string of the molecule is OC1COCCOCCOCCOCC(O)CSC1. The van der Waals surface area contributed by atoms with E-state index in [0.29, 0.717) is 64.4 Å². The van der Waals surface area contributed by atoms with E-state index in [1.165, 1.54) is 11.8 Å². The Morgan fingerprint density at radius 2 is 1.00 bits per heavy atom. The van der Waals surface area contributed by atoms with Gasteiger partial charge < -0.3 is 29.2 Å². The molecule has 2 N–H and O–H groups in total. The molecule has 19 heavy (non-hydrogen) atoms. The minimum absolute atomic E-state index is 0.291. The summed E-state index contributed by atoms with van der Waals surface area (Å²) in [5.41, 5.74) is 0. The van der Waals surface area contributed by atoms with Crippen molar-refractivity contribution in [2.24, 2.45) is 0 Å². The molecule has 0 aromatic heterocycles. The van der Waals surface area contributed by atoms with Crippen molar-refractivity contribution in [2.45, 2.75) is 12.2 Å². The minimum atomic E-state index is -0.517. The van der Waals surface area contributed by atoms with Crippen LogP contribution < -0.4 is 0 Å². The summed E-state index contributed by atoms with van der Waals surface area (Å²) in [4.78, 5) is 0. The molecule has 0 aliphatic carbocycles. The molecule has 7 heteroatoms. The number of ether oxygens (including phenoxy) is 4. The maximum Gasteiger partial charge on any atom is 0.0863 e. The highest BCUT2D eigenvalue weighted by molar-refractivity contribution is 7.99. The van der Waals surface area contributed by atoms with Gasteiger partial charge in [0.15, 0.2) is 0 Å². The highest BCUT2D eigenvalue weighted by atomic mass is 32.2. The normalized spacial score (nSPS) is 30.6. The molecule has 0 aromatic carbocycles. The molecule has 0 saturated carbocycles. The Bertz CT molecular complexity index is 187. The predicted octanol–water partition coefficient (Wildman–Crippen LogP) is -0.479. The minimum Gasteiger partial charge on any atom is -0.390 e. The van der Waals surface area contributed by atoms with E-state index in [4.69, 9.17) is 18.9 Å². The average Bonchev–Trinajstić information content (AvgIpc) is 2.39. The van der Waals surface area contributed by atoms with Crippen LogP contribution in [0.1, 0.15) is 0 Å². The van der Waals surface area contributed by atoms with Crippen molar-refractivity contribution in [1.82, 2.24) is 0 Å². The van der Waals surface area contributed by atoms with E-state index >= 15 is 0 Å². The van der Waals surface area contributed by atoms with Crippen LogP contribution in [-0.4, -0.2) is 86.8 Å². The fraction of sp³-hybridized carbons (Fsp3) is 1.00. The fourth-order valence-electron chi connectivity index (χ4n) is 1.43. The Hall–Kier alpha value is 0.110. The van der Waals surface area contributed by atoms with E-state index in [0.717, 1.165) is 0 Å². The lowest BCUT2D eigenvalue weighted by Gasteiger charge is -2.13. The van der Waals surface area contributed by atoms with Crippen molar-refractivity contribution >= 4 is 11.8 Å². The van der Waals surface area contributed by atoms with Crippen LogP contribution in [0.3, 0.4) is 0 Å². The highest BCUT2D eigenvalue weighted by Gasteiger charge is 2.09. The van der Waals surface area contributed by atoms with Gasteiger partial charge in [-0.15, -0.1) is 0 Å². The molecular formula is C12H24O6S. The number of rotatable bonds is 0. The molecule has 0 radical (unpaired) electrons. The fourth-order valence-corrected chi connectivity index (χ4v) is 2.31. The second-order valence-corrected chi connectivity index (χ2v) is 5.29. The summed E-state index contributed by atoms with van der Waals surface area (Å²) in [7, 11) is 0. The first-order valence-electron chi connectivity index (χ1n) is 6.54. The van der Waals surface area contributed by atoms with Crippen LogP contribution >= 0.6 is 11.8 Å². The van der Waals surface area contributed by atoms with Gasteiger partial charge in [0.05, 0.1) is 65.1 Å². The van der Waals surface area contributed by atoms with Crippen LogP contribution in [0, 0.1) is 0 Å². The summed E-state index contributed by atoms with van der Waals surface area (Å²) in [5, 5.41) is 19.3. The summed E-state index contributed by atoms with van der Waals surface area (Å²) in [6.45, 7) is 3.55. The van der Waals surface area contributed by atoms with E-state index < -0.39 is 12.2 Å². The lowest BCUT2D eigenvalue weighted by Crippen LogP contribution is -2.23. The summed E-state index contributed by atoms with van der Waals surface area (Å²) in [5.74, 6) is 1.09. The maximum absolute atomic E-state index is 9.63. The Morgan fingerprint density at radius 1 is 0.632 bits per heavy atom. The highest BCUT2D eigenvalue weighted by Crippen LogP contribution is 2.06. The molecule has 0 bridgehead atoms. The first-order valence-corrected chi connectivity index (χ1v) is 7.69. The number of thioether (sulfide) groups is 1. The Balaban J connectivity index is 2.18. The molecule has 1 saturated heterocycles. The number of hydrogen-bond acceptors (Lipinski definition) is 7.